The van der Waals surface area contributed by atoms with Gasteiger partial charge in [0.15, 0.2) is 5.83 Å². The smallest absolute Gasteiger partial charge is 0.318 e. The van der Waals surface area contributed by atoms with E-state index in [9.17, 15) is 9.18 Å². The number of ether oxygens (including phenoxy) is 1. The Labute approximate surface area is 265 Å². The summed E-state index contributed by atoms with van der Waals surface area (Å²) >= 11 is 0. The molecule has 9 nitrogen and oxygen atoms in total. The molecule has 2 saturated heterocycles. The van der Waals surface area contributed by atoms with Crippen molar-refractivity contribution < 1.29 is 13.9 Å². The Kier molecular flexibility index (Phi) is 9.17. The second kappa shape index (κ2) is 13.4. The molecular weight excluding hydrogens is 569 g/mol. The van der Waals surface area contributed by atoms with E-state index in [0.29, 0.717) is 38.3 Å². The average molecular weight is 612 g/mol. The molecule has 0 saturated carbocycles. The van der Waals surface area contributed by atoms with Crippen LogP contribution < -0.4 is 14.5 Å². The SMILES string of the molecule is [C-]#[N+]C[C@H]1CN(c2nc(OC[C@@H]3CCCN3CCC)nc3c2CCN(c2cccc4cccc(C)c24)C3)CCN1C(=O)C(=C)F. The first-order chi connectivity index (χ1) is 21.9. The number of rotatable bonds is 9. The number of likely N-dealkylation sites (tertiary alicyclic amines) is 1. The summed E-state index contributed by atoms with van der Waals surface area (Å²) in [7, 11) is 0. The van der Waals surface area contributed by atoms with Gasteiger partial charge in [0, 0.05) is 48.9 Å². The molecule has 2 aromatic carbocycles. The molecule has 45 heavy (non-hydrogen) atoms. The molecule has 4 heterocycles. The third-order valence-electron chi connectivity index (χ3n) is 9.45. The minimum Gasteiger partial charge on any atom is -0.462 e. The Morgan fingerprint density at radius 3 is 2.71 bits per heavy atom. The Morgan fingerprint density at radius 1 is 1.11 bits per heavy atom. The third kappa shape index (κ3) is 6.32. The second-order valence-corrected chi connectivity index (χ2v) is 12.4. The maximum atomic E-state index is 13.9. The van der Waals surface area contributed by atoms with Gasteiger partial charge in [0.25, 0.3) is 5.91 Å². The van der Waals surface area contributed by atoms with Gasteiger partial charge in [0.1, 0.15) is 18.5 Å². The number of benzene rings is 2. The number of nitrogens with zero attached hydrogens (tertiary/aromatic N) is 7. The molecule has 0 unspecified atom stereocenters. The van der Waals surface area contributed by atoms with Gasteiger partial charge in [-0.3, -0.25) is 9.69 Å². The lowest BCUT2D eigenvalue weighted by molar-refractivity contribution is -0.131. The molecule has 2 fully saturated rings. The van der Waals surface area contributed by atoms with Gasteiger partial charge >= 0.3 is 6.01 Å². The average Bonchev–Trinajstić information content (AvgIpc) is 3.50. The largest absolute Gasteiger partial charge is 0.462 e. The monoisotopic (exact) mass is 611 g/mol. The lowest BCUT2D eigenvalue weighted by Gasteiger charge is -2.41. The fourth-order valence-electron chi connectivity index (χ4n) is 7.26. The summed E-state index contributed by atoms with van der Waals surface area (Å²) in [6, 6.07) is 13.1. The highest BCUT2D eigenvalue weighted by Gasteiger charge is 2.36. The van der Waals surface area contributed by atoms with Gasteiger partial charge in [0.2, 0.25) is 6.54 Å². The van der Waals surface area contributed by atoms with Crippen molar-refractivity contribution in [3.63, 3.8) is 0 Å². The highest BCUT2D eigenvalue weighted by Crippen LogP contribution is 2.36. The Hall–Kier alpha value is -4.23. The van der Waals surface area contributed by atoms with E-state index in [1.165, 1.54) is 33.3 Å². The predicted molar refractivity (Wildman–Crippen MR) is 175 cm³/mol. The van der Waals surface area contributed by atoms with E-state index in [2.05, 4.69) is 76.4 Å². The summed E-state index contributed by atoms with van der Waals surface area (Å²) in [4.78, 5) is 34.6. The van der Waals surface area contributed by atoms with Crippen LogP contribution in [-0.2, 0) is 17.8 Å². The number of hydrogen-bond donors (Lipinski definition) is 0. The molecule has 1 aromatic heterocycles. The molecule has 0 radical (unpaired) electrons. The number of halogens is 1. The van der Waals surface area contributed by atoms with Crippen molar-refractivity contribution in [2.75, 3.05) is 62.2 Å². The number of aromatic nitrogens is 2. The third-order valence-corrected chi connectivity index (χ3v) is 9.45. The zero-order valence-electron chi connectivity index (χ0n) is 26.3. The zero-order valence-corrected chi connectivity index (χ0v) is 26.3. The van der Waals surface area contributed by atoms with E-state index in [-0.39, 0.29) is 13.1 Å². The van der Waals surface area contributed by atoms with Crippen LogP contribution in [-0.4, -0.2) is 90.2 Å². The van der Waals surface area contributed by atoms with Crippen LogP contribution in [0.2, 0.25) is 0 Å². The van der Waals surface area contributed by atoms with Crippen molar-refractivity contribution in [3.05, 3.63) is 77.0 Å². The molecule has 3 aromatic rings. The molecule has 0 aliphatic carbocycles. The lowest BCUT2D eigenvalue weighted by atomic mass is 9.99. The predicted octanol–water partition coefficient (Wildman–Crippen LogP) is 5.17. The second-order valence-electron chi connectivity index (χ2n) is 12.4. The van der Waals surface area contributed by atoms with E-state index in [0.717, 1.165) is 56.0 Å². The van der Waals surface area contributed by atoms with Gasteiger partial charge in [-0.1, -0.05) is 43.8 Å². The molecule has 6 rings (SSSR count). The molecule has 10 heteroatoms. The van der Waals surface area contributed by atoms with E-state index in [1.54, 1.807) is 0 Å². The fourth-order valence-corrected chi connectivity index (χ4v) is 7.26. The van der Waals surface area contributed by atoms with Crippen LogP contribution in [0, 0.1) is 13.5 Å². The minimum absolute atomic E-state index is 0.0787. The van der Waals surface area contributed by atoms with Crippen molar-refractivity contribution in [1.82, 2.24) is 19.8 Å². The summed E-state index contributed by atoms with van der Waals surface area (Å²) in [6.07, 6.45) is 4.12. The van der Waals surface area contributed by atoms with Gasteiger partial charge < -0.3 is 24.3 Å². The quantitative estimate of drug-likeness (QED) is 0.244. The van der Waals surface area contributed by atoms with E-state index in [1.807, 2.05) is 0 Å². The summed E-state index contributed by atoms with van der Waals surface area (Å²) in [5.41, 5.74) is 4.43. The molecule has 0 bridgehead atoms. The highest BCUT2D eigenvalue weighted by molar-refractivity contribution is 5.97. The molecule has 1 amide bonds. The number of piperazine rings is 1. The molecule has 3 aliphatic rings. The summed E-state index contributed by atoms with van der Waals surface area (Å²) < 4.78 is 20.2. The Morgan fingerprint density at radius 2 is 1.93 bits per heavy atom. The van der Waals surface area contributed by atoms with Crippen molar-refractivity contribution >= 4 is 28.2 Å². The maximum Gasteiger partial charge on any atom is 0.318 e. The number of anilines is 2. The molecular formula is C35H42FN7O2. The summed E-state index contributed by atoms with van der Waals surface area (Å²) in [5, 5.41) is 2.47. The number of carbonyl (C=O) groups excluding carboxylic acids is 1. The molecule has 236 valence electrons. The van der Waals surface area contributed by atoms with Crippen LogP contribution in [0.1, 0.15) is 43.0 Å². The maximum absolute atomic E-state index is 13.9. The van der Waals surface area contributed by atoms with Gasteiger partial charge in [-0.15, -0.1) is 0 Å². The van der Waals surface area contributed by atoms with Crippen LogP contribution in [0.5, 0.6) is 6.01 Å². The number of carbonyl (C=O) groups is 1. The highest BCUT2D eigenvalue weighted by atomic mass is 19.1. The van der Waals surface area contributed by atoms with Crippen LogP contribution in [0.25, 0.3) is 15.6 Å². The molecule has 2 atom stereocenters. The molecule has 0 spiro atoms. The fraction of sp³-hybridized carbons (Fsp3) is 0.486. The van der Waals surface area contributed by atoms with Crippen LogP contribution in [0.3, 0.4) is 0 Å². The van der Waals surface area contributed by atoms with Gasteiger partial charge in [-0.05, 0) is 62.7 Å². The number of fused-ring (bicyclic) bond motifs is 2. The first-order valence-corrected chi connectivity index (χ1v) is 16.1. The zero-order chi connectivity index (χ0) is 31.5. The van der Waals surface area contributed by atoms with Crippen molar-refractivity contribution in [2.45, 2.75) is 58.2 Å². The van der Waals surface area contributed by atoms with E-state index < -0.39 is 17.8 Å². The summed E-state index contributed by atoms with van der Waals surface area (Å²) in [5.74, 6) is -0.950. The standard InChI is InChI=1S/C35H42FN7O2/c1-5-15-40-16-8-12-27(40)23-45-35-38-30-22-41(31-13-7-11-26-10-6-9-24(2)32(26)31)17-14-29(30)33(39-35)42-18-19-43(34(44)25(3)36)28(21-42)20-37-4/h6-7,9-11,13,27-28H,3,5,8,12,14-23H2,1-2H3/t27-,28-/m0/s1. The van der Waals surface area contributed by atoms with Crippen molar-refractivity contribution in [2.24, 2.45) is 0 Å². The van der Waals surface area contributed by atoms with Gasteiger partial charge in [-0.2, -0.15) is 9.97 Å². The minimum atomic E-state index is -0.999. The Bertz CT molecular complexity index is 1620. The first kappa shape index (κ1) is 30.8. The normalized spacial score (nSPS) is 20.3. The lowest BCUT2D eigenvalue weighted by Crippen LogP contribution is -2.57. The first-order valence-electron chi connectivity index (χ1n) is 16.1. The van der Waals surface area contributed by atoms with Crippen LogP contribution in [0.4, 0.5) is 15.9 Å². The van der Waals surface area contributed by atoms with E-state index in [4.69, 9.17) is 21.3 Å². The van der Waals surface area contributed by atoms with Crippen LogP contribution in [0.15, 0.2) is 48.8 Å². The van der Waals surface area contributed by atoms with Gasteiger partial charge in [-0.25, -0.2) is 11.0 Å². The van der Waals surface area contributed by atoms with E-state index >= 15 is 0 Å². The van der Waals surface area contributed by atoms with Crippen LogP contribution >= 0.6 is 0 Å². The van der Waals surface area contributed by atoms with Crippen molar-refractivity contribution in [1.29, 1.82) is 0 Å². The summed E-state index contributed by atoms with van der Waals surface area (Å²) in [6.45, 7) is 20.4. The number of hydrogen-bond acceptors (Lipinski definition) is 7. The number of amides is 1. The van der Waals surface area contributed by atoms with Crippen molar-refractivity contribution in [3.8, 4) is 6.01 Å². The topological polar surface area (TPSA) is 69.4 Å². The van der Waals surface area contributed by atoms with Gasteiger partial charge in [0.05, 0.1) is 12.2 Å². The number of aryl methyl sites for hydroxylation is 1. The molecule has 3 aliphatic heterocycles. The molecule has 0 N–H and O–H groups in total. The Balaban J connectivity index is 1.33.